The first-order valence-corrected chi connectivity index (χ1v) is 9.60. The molecule has 0 bridgehead atoms. The number of carbonyl (C=O) groups excluding carboxylic acids is 2. The number of nitrogens with zero attached hydrogens (tertiary/aromatic N) is 3. The summed E-state index contributed by atoms with van der Waals surface area (Å²) in [5, 5.41) is 6.14. The molecule has 1 aromatic heterocycles. The Balaban J connectivity index is 1.67. The van der Waals surface area contributed by atoms with Crippen LogP contribution in [0.1, 0.15) is 36.3 Å². The molecule has 8 nitrogen and oxygen atoms in total. The highest BCUT2D eigenvalue weighted by molar-refractivity contribution is 6.31. The average molecular weight is 401 g/mol. The molecular formula is C19H21ClN6O2. The third-order valence-electron chi connectivity index (χ3n) is 5.19. The zero-order valence-electron chi connectivity index (χ0n) is 15.5. The van der Waals surface area contributed by atoms with Gasteiger partial charge in [-0.05, 0) is 37.5 Å². The van der Waals surface area contributed by atoms with Gasteiger partial charge in [0.2, 0.25) is 17.8 Å². The van der Waals surface area contributed by atoms with Crippen LogP contribution < -0.4 is 21.3 Å². The molecule has 2 aromatic rings. The highest BCUT2D eigenvalue weighted by Gasteiger charge is 2.35. The van der Waals surface area contributed by atoms with Crippen molar-refractivity contribution < 1.29 is 9.59 Å². The molecule has 4 rings (SSSR count). The van der Waals surface area contributed by atoms with Gasteiger partial charge in [0.05, 0.1) is 11.5 Å². The molecule has 1 atom stereocenters. The van der Waals surface area contributed by atoms with Gasteiger partial charge in [0, 0.05) is 30.2 Å². The molecule has 28 heavy (non-hydrogen) atoms. The summed E-state index contributed by atoms with van der Waals surface area (Å²) >= 11 is 6.13. The molecule has 1 saturated heterocycles. The summed E-state index contributed by atoms with van der Waals surface area (Å²) in [5.74, 6) is -0.370. The Morgan fingerprint density at radius 3 is 2.82 bits per heavy atom. The first kappa shape index (κ1) is 18.5. The third kappa shape index (κ3) is 3.35. The van der Waals surface area contributed by atoms with Crippen molar-refractivity contribution in [2.24, 2.45) is 0 Å². The largest absolute Gasteiger partial charge is 0.383 e. The Morgan fingerprint density at radius 1 is 1.32 bits per heavy atom. The molecule has 1 fully saturated rings. The van der Waals surface area contributed by atoms with Crippen molar-refractivity contribution in [2.45, 2.75) is 32.1 Å². The zero-order chi connectivity index (χ0) is 19.8. The number of fused-ring (bicyclic) bond motifs is 1. The average Bonchev–Trinajstić information content (AvgIpc) is 3.19. The number of hydrogen-bond acceptors (Lipinski definition) is 6. The van der Waals surface area contributed by atoms with Crippen LogP contribution in [0.15, 0.2) is 18.2 Å². The molecule has 9 heteroatoms. The van der Waals surface area contributed by atoms with Crippen molar-refractivity contribution in [3.05, 3.63) is 34.3 Å². The number of nitrogens with one attached hydrogen (secondary N) is 2. The summed E-state index contributed by atoms with van der Waals surface area (Å²) in [6.07, 6.45) is 2.11. The number of nitrogen functional groups attached to an aromatic ring is 1. The number of benzene rings is 1. The fourth-order valence-electron chi connectivity index (χ4n) is 3.63. The molecular weight excluding hydrogens is 380 g/mol. The highest BCUT2D eigenvalue weighted by Crippen LogP contribution is 2.37. The van der Waals surface area contributed by atoms with Crippen LogP contribution in [0.4, 0.5) is 23.3 Å². The Hall–Kier alpha value is -2.87. The van der Waals surface area contributed by atoms with E-state index in [4.69, 9.17) is 17.3 Å². The van der Waals surface area contributed by atoms with Crippen molar-refractivity contribution >= 4 is 46.7 Å². The van der Waals surface area contributed by atoms with Gasteiger partial charge in [0.1, 0.15) is 11.6 Å². The summed E-state index contributed by atoms with van der Waals surface area (Å²) in [6.45, 7) is 3.52. The molecule has 2 aliphatic heterocycles. The van der Waals surface area contributed by atoms with Crippen LogP contribution >= 0.6 is 11.6 Å². The van der Waals surface area contributed by atoms with E-state index in [1.54, 1.807) is 18.2 Å². The minimum Gasteiger partial charge on any atom is -0.383 e. The van der Waals surface area contributed by atoms with E-state index in [0.29, 0.717) is 28.0 Å². The van der Waals surface area contributed by atoms with Gasteiger partial charge in [-0.3, -0.25) is 9.59 Å². The molecule has 0 radical (unpaired) electrons. The standard InChI is InChI=1S/C19H21ClN6O2/c1-10-12(20)5-4-6-13(10)22-18(28)11-9-14(27)23-17-15(11)16(21)24-19(25-17)26-7-2-3-8-26/h4-6,11H,2-3,7-9H2,1H3,(H,22,28)(H3,21,23,24,25,27). The quantitative estimate of drug-likeness (QED) is 0.730. The molecule has 2 amide bonds. The predicted octanol–water partition coefficient (Wildman–Crippen LogP) is 2.69. The molecule has 3 heterocycles. The molecule has 1 unspecified atom stereocenters. The van der Waals surface area contributed by atoms with Crippen molar-refractivity contribution in [3.8, 4) is 0 Å². The Kier molecular flexibility index (Phi) is 4.80. The summed E-state index contributed by atoms with van der Waals surface area (Å²) in [5.41, 5.74) is 8.01. The van der Waals surface area contributed by atoms with E-state index in [1.807, 2.05) is 11.8 Å². The number of anilines is 4. The minimum absolute atomic E-state index is 0.0188. The Bertz CT molecular complexity index is 958. The SMILES string of the molecule is Cc1c(Cl)cccc1NC(=O)C1CC(=O)Nc2nc(N3CCCC3)nc(N)c21. The van der Waals surface area contributed by atoms with Crippen LogP contribution in [0.2, 0.25) is 5.02 Å². The van der Waals surface area contributed by atoms with Crippen LogP contribution in [-0.4, -0.2) is 34.9 Å². The first-order chi connectivity index (χ1) is 13.4. The maximum absolute atomic E-state index is 13.0. The summed E-state index contributed by atoms with van der Waals surface area (Å²) in [7, 11) is 0. The molecule has 0 saturated carbocycles. The third-order valence-corrected chi connectivity index (χ3v) is 5.60. The molecule has 4 N–H and O–H groups in total. The van der Waals surface area contributed by atoms with E-state index in [1.165, 1.54) is 0 Å². The van der Waals surface area contributed by atoms with E-state index < -0.39 is 5.92 Å². The van der Waals surface area contributed by atoms with Gasteiger partial charge in [0.15, 0.2) is 0 Å². The number of amides is 2. The lowest BCUT2D eigenvalue weighted by Crippen LogP contribution is -2.33. The predicted molar refractivity (Wildman–Crippen MR) is 109 cm³/mol. The molecule has 146 valence electrons. The van der Waals surface area contributed by atoms with E-state index in [9.17, 15) is 9.59 Å². The minimum atomic E-state index is -0.769. The van der Waals surface area contributed by atoms with Crippen molar-refractivity contribution in [3.63, 3.8) is 0 Å². The fraction of sp³-hybridized carbons (Fsp3) is 0.368. The van der Waals surface area contributed by atoms with Gasteiger partial charge < -0.3 is 21.3 Å². The molecule has 1 aromatic carbocycles. The van der Waals surface area contributed by atoms with Crippen LogP contribution in [0.3, 0.4) is 0 Å². The van der Waals surface area contributed by atoms with Crippen LogP contribution in [-0.2, 0) is 9.59 Å². The molecule has 0 aliphatic carbocycles. The second-order valence-electron chi connectivity index (χ2n) is 7.07. The topological polar surface area (TPSA) is 113 Å². The van der Waals surface area contributed by atoms with Gasteiger partial charge in [-0.2, -0.15) is 9.97 Å². The van der Waals surface area contributed by atoms with E-state index in [2.05, 4.69) is 20.6 Å². The van der Waals surface area contributed by atoms with Crippen LogP contribution in [0, 0.1) is 6.92 Å². The summed E-state index contributed by atoms with van der Waals surface area (Å²) in [6, 6.07) is 5.27. The van der Waals surface area contributed by atoms with E-state index >= 15 is 0 Å². The molecule has 2 aliphatic rings. The van der Waals surface area contributed by atoms with Crippen LogP contribution in [0.25, 0.3) is 0 Å². The zero-order valence-corrected chi connectivity index (χ0v) is 16.2. The normalized spacial score (nSPS) is 18.6. The number of carbonyl (C=O) groups is 2. The fourth-order valence-corrected chi connectivity index (χ4v) is 3.80. The number of aromatic nitrogens is 2. The van der Waals surface area contributed by atoms with Crippen molar-refractivity contribution in [1.29, 1.82) is 0 Å². The Labute approximate surface area is 167 Å². The van der Waals surface area contributed by atoms with Gasteiger partial charge in [-0.25, -0.2) is 0 Å². The lowest BCUT2D eigenvalue weighted by Gasteiger charge is -2.27. The van der Waals surface area contributed by atoms with Crippen LogP contribution in [0.5, 0.6) is 0 Å². The highest BCUT2D eigenvalue weighted by atomic mass is 35.5. The van der Waals surface area contributed by atoms with Gasteiger partial charge in [0.25, 0.3) is 0 Å². The first-order valence-electron chi connectivity index (χ1n) is 9.22. The van der Waals surface area contributed by atoms with E-state index in [0.717, 1.165) is 31.5 Å². The monoisotopic (exact) mass is 400 g/mol. The van der Waals surface area contributed by atoms with Gasteiger partial charge in [-0.1, -0.05) is 17.7 Å². The number of rotatable bonds is 3. The lowest BCUT2D eigenvalue weighted by atomic mass is 9.91. The van der Waals surface area contributed by atoms with Crippen molar-refractivity contribution in [1.82, 2.24) is 9.97 Å². The smallest absolute Gasteiger partial charge is 0.232 e. The number of halogens is 1. The maximum Gasteiger partial charge on any atom is 0.232 e. The summed E-state index contributed by atoms with van der Waals surface area (Å²) < 4.78 is 0. The molecule has 0 spiro atoms. The second-order valence-corrected chi connectivity index (χ2v) is 7.48. The summed E-state index contributed by atoms with van der Waals surface area (Å²) in [4.78, 5) is 36.1. The number of nitrogens with two attached hydrogens (primary N) is 1. The second kappa shape index (κ2) is 7.27. The lowest BCUT2D eigenvalue weighted by molar-refractivity contribution is -0.123. The number of hydrogen-bond donors (Lipinski definition) is 3. The Morgan fingerprint density at radius 2 is 2.07 bits per heavy atom. The van der Waals surface area contributed by atoms with E-state index in [-0.39, 0.29) is 24.1 Å². The van der Waals surface area contributed by atoms with Crippen molar-refractivity contribution in [2.75, 3.05) is 34.4 Å². The maximum atomic E-state index is 13.0. The van der Waals surface area contributed by atoms with Gasteiger partial charge >= 0.3 is 0 Å². The van der Waals surface area contributed by atoms with Gasteiger partial charge in [-0.15, -0.1) is 0 Å².